The molecule has 1 aliphatic rings. The number of nitrogens with zero attached hydrogens (tertiary/aromatic N) is 4. The fraction of sp³-hybridized carbons (Fsp3) is 0.231. The van der Waals surface area contributed by atoms with Crippen molar-refractivity contribution in [2.45, 2.75) is 38.0 Å². The topological polar surface area (TPSA) is 156 Å². The number of benzene rings is 4. The lowest BCUT2D eigenvalue weighted by molar-refractivity contribution is -0.139. The molecule has 50 heavy (non-hydrogen) atoms. The van der Waals surface area contributed by atoms with Crippen molar-refractivity contribution >= 4 is 28.9 Å². The van der Waals surface area contributed by atoms with Crippen LogP contribution in [0.1, 0.15) is 52.0 Å². The van der Waals surface area contributed by atoms with E-state index in [4.69, 9.17) is 10.5 Å². The Morgan fingerprint density at radius 3 is 2.48 bits per heavy atom. The summed E-state index contributed by atoms with van der Waals surface area (Å²) in [6, 6.07) is 28.9. The van der Waals surface area contributed by atoms with Crippen LogP contribution in [0.4, 0.5) is 17.1 Å². The van der Waals surface area contributed by atoms with Crippen molar-refractivity contribution < 1.29 is 24.5 Å². The second-order valence-electron chi connectivity index (χ2n) is 12.4. The number of hydrogen-bond donors (Lipinski definition) is 4. The summed E-state index contributed by atoms with van der Waals surface area (Å²) in [6.45, 7) is 2.49. The fourth-order valence-corrected chi connectivity index (χ4v) is 6.21. The van der Waals surface area contributed by atoms with E-state index in [9.17, 15) is 19.8 Å². The summed E-state index contributed by atoms with van der Waals surface area (Å²) in [6.07, 6.45) is 6.20. The van der Waals surface area contributed by atoms with Crippen molar-refractivity contribution in [3.8, 4) is 5.75 Å². The van der Waals surface area contributed by atoms with Gasteiger partial charge in [0.05, 0.1) is 37.6 Å². The number of aryl methyl sites for hydroxylation is 1. The number of hydrogen-bond acceptors (Lipinski definition) is 8. The van der Waals surface area contributed by atoms with Crippen LogP contribution in [0.2, 0.25) is 0 Å². The number of amides is 2. The minimum atomic E-state index is -1.82. The van der Waals surface area contributed by atoms with E-state index >= 15 is 0 Å². The Bertz CT molecular complexity index is 1980. The number of nitrogens with two attached hydrogens (primary N) is 1. The van der Waals surface area contributed by atoms with Crippen molar-refractivity contribution in [2.75, 3.05) is 29.7 Å². The maximum atomic E-state index is 14.1. The van der Waals surface area contributed by atoms with Crippen molar-refractivity contribution in [3.63, 3.8) is 0 Å². The number of aromatic nitrogens is 3. The second kappa shape index (κ2) is 14.8. The highest BCUT2D eigenvalue weighted by molar-refractivity contribution is 6.07. The second-order valence-corrected chi connectivity index (χ2v) is 12.4. The highest BCUT2D eigenvalue weighted by atomic mass is 16.5. The molecule has 0 saturated heterocycles. The highest BCUT2D eigenvalue weighted by Gasteiger charge is 2.52. The van der Waals surface area contributed by atoms with E-state index in [1.165, 1.54) is 0 Å². The van der Waals surface area contributed by atoms with Gasteiger partial charge in [-0.2, -0.15) is 0 Å². The fourth-order valence-electron chi connectivity index (χ4n) is 6.21. The van der Waals surface area contributed by atoms with Gasteiger partial charge in [0.15, 0.2) is 5.60 Å². The Labute approximate surface area is 290 Å². The molecule has 256 valence electrons. The predicted molar refractivity (Wildman–Crippen MR) is 192 cm³/mol. The molecule has 2 amide bonds. The lowest BCUT2D eigenvalue weighted by Gasteiger charge is -2.28. The predicted octanol–water partition coefficient (Wildman–Crippen LogP) is 5.26. The summed E-state index contributed by atoms with van der Waals surface area (Å²) < 4.78 is 7.18. The van der Waals surface area contributed by atoms with Crippen LogP contribution in [0.15, 0.2) is 115 Å². The number of carbonyl (C=O) groups excluding carboxylic acids is 2. The Morgan fingerprint density at radius 2 is 1.78 bits per heavy atom. The highest BCUT2D eigenvalue weighted by Crippen LogP contribution is 2.47. The Morgan fingerprint density at radius 1 is 1.04 bits per heavy atom. The molecule has 4 aromatic carbocycles. The first-order valence-electron chi connectivity index (χ1n) is 16.4. The Hall–Kier alpha value is -5.78. The van der Waals surface area contributed by atoms with Gasteiger partial charge in [-0.25, -0.2) is 0 Å². The molecule has 5 aromatic rings. The lowest BCUT2D eigenvalue weighted by atomic mass is 9.83. The summed E-state index contributed by atoms with van der Waals surface area (Å²) >= 11 is 0. The third kappa shape index (κ3) is 7.00. The summed E-state index contributed by atoms with van der Waals surface area (Å²) in [7, 11) is 1.55. The van der Waals surface area contributed by atoms with Gasteiger partial charge in [0.2, 0.25) is 0 Å². The molecule has 5 N–H and O–H groups in total. The van der Waals surface area contributed by atoms with E-state index in [0.717, 1.165) is 11.1 Å². The van der Waals surface area contributed by atoms with Gasteiger partial charge in [0.25, 0.3) is 11.8 Å². The van der Waals surface area contributed by atoms with E-state index in [1.807, 2.05) is 67.7 Å². The van der Waals surface area contributed by atoms with Gasteiger partial charge in [0.1, 0.15) is 5.75 Å². The van der Waals surface area contributed by atoms with Crippen molar-refractivity contribution in [2.24, 2.45) is 5.92 Å². The molecule has 0 radical (unpaired) electrons. The van der Waals surface area contributed by atoms with E-state index in [1.54, 1.807) is 71.3 Å². The number of carbonyl (C=O) groups is 2. The van der Waals surface area contributed by atoms with Crippen LogP contribution >= 0.6 is 0 Å². The molecule has 0 saturated carbocycles. The number of aliphatic hydroxyl groups excluding tert-OH is 1. The van der Waals surface area contributed by atoms with Crippen LogP contribution < -0.4 is 20.7 Å². The van der Waals surface area contributed by atoms with Crippen molar-refractivity contribution in [1.29, 1.82) is 0 Å². The smallest absolute Gasteiger partial charge is 0.264 e. The van der Waals surface area contributed by atoms with Crippen molar-refractivity contribution in [3.05, 3.63) is 143 Å². The zero-order chi connectivity index (χ0) is 35.3. The van der Waals surface area contributed by atoms with Crippen LogP contribution in [0, 0.1) is 5.92 Å². The average molecular weight is 673 g/mol. The number of nitrogens with one attached hydrogen (secondary N) is 1. The largest absolute Gasteiger partial charge is 0.497 e. The van der Waals surface area contributed by atoms with Crippen LogP contribution in [-0.4, -0.2) is 50.7 Å². The molecule has 1 aliphatic heterocycles. The van der Waals surface area contributed by atoms with Crippen LogP contribution in [0.5, 0.6) is 5.75 Å². The molecule has 11 nitrogen and oxygen atoms in total. The molecule has 3 atom stereocenters. The van der Waals surface area contributed by atoms with E-state index in [2.05, 4.69) is 15.6 Å². The maximum Gasteiger partial charge on any atom is 0.264 e. The SMILES string of the molecule is COc1ccc2c(c1)[C@](O)([C@@H](C)/C=C/CCn1cc(C(CO)c3ccccc3)nn1)C(=O)N2Cc1ccc(NC(=O)c2ccc(N)cc2)cc1. The molecule has 0 fully saturated rings. The van der Waals surface area contributed by atoms with Gasteiger partial charge in [-0.15, -0.1) is 5.10 Å². The minimum Gasteiger partial charge on any atom is -0.497 e. The number of fused-ring (bicyclic) bond motifs is 1. The Balaban J connectivity index is 1.13. The summed E-state index contributed by atoms with van der Waals surface area (Å²) in [5.41, 5.74) is 9.13. The normalized spacial score (nSPS) is 16.7. The first-order chi connectivity index (χ1) is 24.2. The molecular weight excluding hydrogens is 632 g/mol. The zero-order valence-corrected chi connectivity index (χ0v) is 27.9. The number of methoxy groups -OCH3 is 1. The van der Waals surface area contributed by atoms with Crippen molar-refractivity contribution in [1.82, 2.24) is 15.0 Å². The van der Waals surface area contributed by atoms with Gasteiger partial charge < -0.3 is 30.9 Å². The molecule has 1 aromatic heterocycles. The van der Waals surface area contributed by atoms with Gasteiger partial charge in [-0.3, -0.25) is 14.3 Å². The lowest BCUT2D eigenvalue weighted by Crippen LogP contribution is -2.44. The third-order valence-corrected chi connectivity index (χ3v) is 9.11. The van der Waals surface area contributed by atoms with Gasteiger partial charge >= 0.3 is 0 Å². The molecule has 1 unspecified atom stereocenters. The quantitative estimate of drug-likeness (QED) is 0.0975. The Kier molecular flexibility index (Phi) is 10.1. The number of anilines is 3. The summed E-state index contributed by atoms with van der Waals surface area (Å²) in [5.74, 6) is -0.988. The standard InChI is InChI=1S/C39H40N6O5/c1-26(8-6-7-21-44-24-35(42-43-44)33(25-46)28-9-4-3-5-10-28)39(49)34-22-32(50-2)19-20-36(34)45(38(39)48)23-27-11-17-31(18-12-27)41-37(47)29-13-15-30(40)16-14-29/h3-6,8-20,22,24,26,33,46,49H,7,21,23,25,40H2,1-2H3,(H,41,47)/b8-6+/t26-,33?,39+/m0/s1. The number of allylic oxidation sites excluding steroid dienone is 1. The molecule has 2 heterocycles. The van der Waals surface area contributed by atoms with Crippen LogP contribution in [0.3, 0.4) is 0 Å². The third-order valence-electron chi connectivity index (χ3n) is 9.11. The van der Waals surface area contributed by atoms with E-state index in [-0.39, 0.29) is 25.0 Å². The minimum absolute atomic E-state index is 0.0785. The van der Waals surface area contributed by atoms with Crippen LogP contribution in [0.25, 0.3) is 0 Å². The first-order valence-corrected chi connectivity index (χ1v) is 16.4. The average Bonchev–Trinajstić information content (AvgIpc) is 3.69. The zero-order valence-electron chi connectivity index (χ0n) is 27.9. The number of aliphatic hydroxyl groups is 2. The molecule has 11 heteroatoms. The van der Waals surface area contributed by atoms with Gasteiger partial charge in [-0.05, 0) is 72.1 Å². The molecular formula is C39H40N6O5. The van der Waals surface area contributed by atoms with Gasteiger partial charge in [0, 0.05) is 41.2 Å². The summed E-state index contributed by atoms with van der Waals surface area (Å²) in [5, 5.41) is 33.5. The number of ether oxygens (including phenoxy) is 1. The first kappa shape index (κ1) is 34.1. The van der Waals surface area contributed by atoms with E-state index < -0.39 is 17.4 Å². The molecule has 0 aliphatic carbocycles. The molecule has 6 rings (SSSR count). The van der Waals surface area contributed by atoms with Crippen LogP contribution in [-0.2, 0) is 23.5 Å². The van der Waals surface area contributed by atoms with E-state index in [0.29, 0.717) is 52.6 Å². The van der Waals surface area contributed by atoms with Gasteiger partial charge in [-0.1, -0.05) is 66.8 Å². The summed E-state index contributed by atoms with van der Waals surface area (Å²) in [4.78, 5) is 28.3. The molecule has 0 spiro atoms. The number of nitrogen functional groups attached to an aromatic ring is 1. The maximum absolute atomic E-state index is 14.1. The number of rotatable bonds is 13. The monoisotopic (exact) mass is 672 g/mol. The molecule has 0 bridgehead atoms.